The number of nitrogens with zero attached hydrogens (tertiary/aromatic N) is 1. The van der Waals surface area contributed by atoms with Crippen molar-refractivity contribution in [2.45, 2.75) is 31.9 Å². The lowest BCUT2D eigenvalue weighted by Crippen LogP contribution is -2.43. The van der Waals surface area contributed by atoms with Crippen molar-refractivity contribution < 1.29 is 18.0 Å². The molecule has 1 aromatic carbocycles. The lowest BCUT2D eigenvalue weighted by Gasteiger charge is -2.27. The number of alkyl halides is 4. The normalized spacial score (nSPS) is 11.7. The first kappa shape index (κ1) is 15.8. The van der Waals surface area contributed by atoms with Crippen molar-refractivity contribution in [2.24, 2.45) is 0 Å². The summed E-state index contributed by atoms with van der Waals surface area (Å²) in [7, 11) is 0. The molecule has 0 unspecified atom stereocenters. The standard InChI is InChI=1S/C13H15ClF3NO/c1-9(2)18(8-13(15,16)17)12(19)11-5-3-4-10(6-11)7-14/h3-6,9H,7-8H2,1-2H3. The lowest BCUT2D eigenvalue weighted by atomic mass is 10.1. The van der Waals surface area contributed by atoms with Gasteiger partial charge in [0.05, 0.1) is 0 Å². The first-order valence-electron chi connectivity index (χ1n) is 5.77. The third-order valence-corrected chi connectivity index (χ3v) is 2.87. The molecule has 0 N–H and O–H groups in total. The summed E-state index contributed by atoms with van der Waals surface area (Å²) in [5.41, 5.74) is 0.916. The van der Waals surface area contributed by atoms with Gasteiger partial charge in [-0.05, 0) is 31.5 Å². The summed E-state index contributed by atoms with van der Waals surface area (Å²) in [6, 6.07) is 5.80. The molecular weight excluding hydrogens is 279 g/mol. The minimum Gasteiger partial charge on any atom is -0.327 e. The molecule has 6 heteroatoms. The van der Waals surface area contributed by atoms with Gasteiger partial charge in [0, 0.05) is 17.5 Å². The van der Waals surface area contributed by atoms with Crippen LogP contribution in [0.25, 0.3) is 0 Å². The number of benzene rings is 1. The van der Waals surface area contributed by atoms with E-state index in [0.717, 1.165) is 4.90 Å². The highest BCUT2D eigenvalue weighted by molar-refractivity contribution is 6.17. The van der Waals surface area contributed by atoms with Crippen molar-refractivity contribution in [3.8, 4) is 0 Å². The largest absolute Gasteiger partial charge is 0.406 e. The zero-order valence-electron chi connectivity index (χ0n) is 10.7. The van der Waals surface area contributed by atoms with Crippen LogP contribution in [0, 0.1) is 0 Å². The molecule has 0 bridgehead atoms. The van der Waals surface area contributed by atoms with Crippen LogP contribution in [-0.2, 0) is 5.88 Å². The SMILES string of the molecule is CC(C)N(CC(F)(F)F)C(=O)c1cccc(CCl)c1. The second kappa shape index (κ2) is 6.28. The molecule has 0 saturated heterocycles. The Kier molecular flexibility index (Phi) is 5.23. The van der Waals surface area contributed by atoms with Gasteiger partial charge in [-0.15, -0.1) is 11.6 Å². The number of rotatable bonds is 4. The Morgan fingerprint density at radius 3 is 2.47 bits per heavy atom. The number of amides is 1. The van der Waals surface area contributed by atoms with E-state index in [4.69, 9.17) is 11.6 Å². The predicted molar refractivity (Wildman–Crippen MR) is 68.2 cm³/mol. The quantitative estimate of drug-likeness (QED) is 0.773. The van der Waals surface area contributed by atoms with E-state index >= 15 is 0 Å². The van der Waals surface area contributed by atoms with Crippen LogP contribution in [-0.4, -0.2) is 29.6 Å². The maximum absolute atomic E-state index is 12.5. The predicted octanol–water partition coefficient (Wildman–Crippen LogP) is 3.84. The first-order chi connectivity index (χ1) is 8.74. The topological polar surface area (TPSA) is 20.3 Å². The summed E-state index contributed by atoms with van der Waals surface area (Å²) in [5.74, 6) is -0.429. The zero-order valence-corrected chi connectivity index (χ0v) is 11.4. The van der Waals surface area contributed by atoms with Crippen molar-refractivity contribution in [1.82, 2.24) is 4.90 Å². The Hall–Kier alpha value is -1.23. The summed E-state index contributed by atoms with van der Waals surface area (Å²) in [4.78, 5) is 12.9. The molecule has 0 aromatic heterocycles. The van der Waals surface area contributed by atoms with Gasteiger partial charge in [0.15, 0.2) is 0 Å². The average molecular weight is 294 g/mol. The van der Waals surface area contributed by atoms with Gasteiger partial charge in [-0.2, -0.15) is 13.2 Å². The van der Waals surface area contributed by atoms with Gasteiger partial charge in [-0.1, -0.05) is 12.1 Å². The van der Waals surface area contributed by atoms with Crippen molar-refractivity contribution in [1.29, 1.82) is 0 Å². The van der Waals surface area contributed by atoms with Crippen LogP contribution < -0.4 is 0 Å². The highest BCUT2D eigenvalue weighted by Crippen LogP contribution is 2.20. The Labute approximate surface area is 115 Å². The molecule has 0 atom stereocenters. The summed E-state index contributed by atoms with van der Waals surface area (Å²) >= 11 is 5.65. The Balaban J connectivity index is 2.99. The molecule has 0 heterocycles. The monoisotopic (exact) mass is 293 g/mol. The van der Waals surface area contributed by atoms with E-state index in [1.165, 1.54) is 12.1 Å². The zero-order chi connectivity index (χ0) is 14.6. The average Bonchev–Trinajstić information content (AvgIpc) is 2.34. The number of hydrogen-bond donors (Lipinski definition) is 0. The lowest BCUT2D eigenvalue weighted by molar-refractivity contribution is -0.143. The second-order valence-electron chi connectivity index (χ2n) is 4.48. The summed E-state index contributed by atoms with van der Waals surface area (Å²) in [5, 5.41) is 0. The van der Waals surface area contributed by atoms with Crippen LogP contribution in [0.5, 0.6) is 0 Å². The molecule has 19 heavy (non-hydrogen) atoms. The maximum Gasteiger partial charge on any atom is 0.406 e. The molecule has 1 rings (SSSR count). The van der Waals surface area contributed by atoms with Crippen molar-refractivity contribution in [3.63, 3.8) is 0 Å². The van der Waals surface area contributed by atoms with Crippen LogP contribution in [0.2, 0.25) is 0 Å². The van der Waals surface area contributed by atoms with E-state index in [1.54, 1.807) is 26.0 Å². The van der Waals surface area contributed by atoms with Crippen molar-refractivity contribution in [2.75, 3.05) is 6.54 Å². The highest BCUT2D eigenvalue weighted by Gasteiger charge is 2.34. The van der Waals surface area contributed by atoms with Gasteiger partial charge >= 0.3 is 6.18 Å². The Morgan fingerprint density at radius 1 is 1.37 bits per heavy atom. The highest BCUT2D eigenvalue weighted by atomic mass is 35.5. The molecule has 0 fully saturated rings. The van der Waals surface area contributed by atoms with Gasteiger partial charge in [-0.25, -0.2) is 0 Å². The first-order valence-corrected chi connectivity index (χ1v) is 6.30. The second-order valence-corrected chi connectivity index (χ2v) is 4.74. The number of hydrogen-bond acceptors (Lipinski definition) is 1. The van der Waals surface area contributed by atoms with Crippen LogP contribution in [0.1, 0.15) is 29.8 Å². The number of carbonyl (C=O) groups is 1. The molecule has 0 radical (unpaired) electrons. The fourth-order valence-corrected chi connectivity index (χ4v) is 1.80. The number of carbonyl (C=O) groups excluding carboxylic acids is 1. The number of halogens is 4. The molecule has 1 aromatic rings. The van der Waals surface area contributed by atoms with E-state index in [2.05, 4.69) is 0 Å². The summed E-state index contributed by atoms with van der Waals surface area (Å²) in [6.45, 7) is 1.85. The van der Waals surface area contributed by atoms with Gasteiger partial charge < -0.3 is 4.90 Å². The third-order valence-electron chi connectivity index (χ3n) is 2.56. The summed E-state index contributed by atoms with van der Waals surface area (Å²) < 4.78 is 37.4. The van der Waals surface area contributed by atoms with E-state index in [9.17, 15) is 18.0 Å². The van der Waals surface area contributed by atoms with Crippen LogP contribution in [0.3, 0.4) is 0 Å². The molecular formula is C13H15ClF3NO. The van der Waals surface area contributed by atoms with Gasteiger partial charge in [0.25, 0.3) is 5.91 Å². The van der Waals surface area contributed by atoms with Crippen LogP contribution in [0.4, 0.5) is 13.2 Å². The van der Waals surface area contributed by atoms with Crippen molar-refractivity contribution >= 4 is 17.5 Å². The molecule has 0 aliphatic carbocycles. The molecule has 0 aliphatic rings. The molecule has 0 aliphatic heterocycles. The molecule has 2 nitrogen and oxygen atoms in total. The van der Waals surface area contributed by atoms with Crippen LogP contribution >= 0.6 is 11.6 Å². The Morgan fingerprint density at radius 2 is 2.00 bits per heavy atom. The fraction of sp³-hybridized carbons (Fsp3) is 0.462. The smallest absolute Gasteiger partial charge is 0.327 e. The minimum atomic E-state index is -4.41. The van der Waals surface area contributed by atoms with E-state index in [-0.39, 0.29) is 11.4 Å². The molecule has 0 spiro atoms. The molecule has 106 valence electrons. The van der Waals surface area contributed by atoms with Crippen LogP contribution in [0.15, 0.2) is 24.3 Å². The Bertz CT molecular complexity index is 446. The van der Waals surface area contributed by atoms with Gasteiger partial charge in [-0.3, -0.25) is 4.79 Å². The van der Waals surface area contributed by atoms with Gasteiger partial charge in [0.2, 0.25) is 0 Å². The van der Waals surface area contributed by atoms with E-state index in [0.29, 0.717) is 5.56 Å². The molecule has 1 amide bonds. The van der Waals surface area contributed by atoms with Gasteiger partial charge in [0.1, 0.15) is 6.54 Å². The third kappa shape index (κ3) is 4.74. The fourth-order valence-electron chi connectivity index (χ4n) is 1.64. The molecule has 0 saturated carbocycles. The maximum atomic E-state index is 12.5. The van der Waals surface area contributed by atoms with Crippen molar-refractivity contribution in [3.05, 3.63) is 35.4 Å². The minimum absolute atomic E-state index is 0.210. The summed E-state index contributed by atoms with van der Waals surface area (Å²) in [6.07, 6.45) is -4.41. The van der Waals surface area contributed by atoms with E-state index in [1.807, 2.05) is 0 Å². The van der Waals surface area contributed by atoms with E-state index < -0.39 is 24.7 Å².